The van der Waals surface area contributed by atoms with Crippen molar-refractivity contribution >= 4 is 17.6 Å². The summed E-state index contributed by atoms with van der Waals surface area (Å²) in [7, 11) is 2.91. The van der Waals surface area contributed by atoms with Gasteiger partial charge in [0.15, 0.2) is 6.04 Å². The molecular formula is C10H14N4O5. The van der Waals surface area contributed by atoms with Crippen LogP contribution in [-0.2, 0) is 21.3 Å². The van der Waals surface area contributed by atoms with E-state index in [1.807, 2.05) is 0 Å². The molecule has 0 amide bonds. The molecule has 0 bridgehead atoms. The second-order valence-electron chi connectivity index (χ2n) is 4.07. The molecule has 1 aromatic heterocycles. The number of carbonyl (C=O) groups is 1. The van der Waals surface area contributed by atoms with Gasteiger partial charge in [-0.15, -0.1) is 0 Å². The number of nitro groups is 1. The molecule has 0 spiro atoms. The molecular weight excluding hydrogens is 256 g/mol. The number of methoxy groups -OCH3 is 1. The number of morpholine rings is 1. The van der Waals surface area contributed by atoms with Crippen molar-refractivity contribution in [1.29, 1.82) is 0 Å². The van der Waals surface area contributed by atoms with Crippen LogP contribution in [0, 0.1) is 10.1 Å². The summed E-state index contributed by atoms with van der Waals surface area (Å²) in [6, 6.07) is -0.701. The predicted molar refractivity (Wildman–Crippen MR) is 63.8 cm³/mol. The molecule has 9 heteroatoms. The summed E-state index contributed by atoms with van der Waals surface area (Å²) in [6.45, 7) is 0.880. The van der Waals surface area contributed by atoms with E-state index in [0.29, 0.717) is 13.2 Å². The summed E-state index contributed by atoms with van der Waals surface area (Å²) in [4.78, 5) is 27.5. The molecule has 0 aromatic carbocycles. The molecule has 1 unspecified atom stereocenters. The van der Waals surface area contributed by atoms with Crippen molar-refractivity contribution < 1.29 is 19.2 Å². The molecule has 0 saturated carbocycles. The van der Waals surface area contributed by atoms with E-state index in [0.717, 1.165) is 0 Å². The van der Waals surface area contributed by atoms with Crippen molar-refractivity contribution in [2.45, 2.75) is 6.04 Å². The van der Waals surface area contributed by atoms with Gasteiger partial charge in [-0.1, -0.05) is 0 Å². The molecule has 0 N–H and O–H groups in total. The largest absolute Gasteiger partial charge is 0.467 e. The third-order valence-corrected chi connectivity index (χ3v) is 2.93. The number of esters is 1. The van der Waals surface area contributed by atoms with Crippen LogP contribution in [0.25, 0.3) is 0 Å². The molecule has 104 valence electrons. The Bertz CT molecular complexity index is 500. The van der Waals surface area contributed by atoms with Crippen LogP contribution in [0.4, 0.5) is 11.6 Å². The maximum absolute atomic E-state index is 11.7. The van der Waals surface area contributed by atoms with E-state index in [4.69, 9.17) is 9.47 Å². The number of hydrogen-bond acceptors (Lipinski definition) is 7. The van der Waals surface area contributed by atoms with Gasteiger partial charge >= 0.3 is 11.8 Å². The van der Waals surface area contributed by atoms with Crippen LogP contribution in [-0.4, -0.2) is 53.4 Å². The molecule has 1 aliphatic heterocycles. The zero-order valence-electron chi connectivity index (χ0n) is 10.6. The summed E-state index contributed by atoms with van der Waals surface area (Å²) in [5.74, 6) is -0.489. The molecule has 2 rings (SSSR count). The van der Waals surface area contributed by atoms with Gasteiger partial charge in [-0.2, -0.15) is 0 Å². The van der Waals surface area contributed by atoms with E-state index < -0.39 is 16.9 Å². The quantitative estimate of drug-likeness (QED) is 0.422. The lowest BCUT2D eigenvalue weighted by molar-refractivity contribution is -0.388. The summed E-state index contributed by atoms with van der Waals surface area (Å²) >= 11 is 0. The number of ether oxygens (including phenoxy) is 2. The standard InChI is InChI=1S/C10H14N4O5/c1-12-6-11-8(14(16)17)9(12)13-3-4-19-5-7(13)10(15)18-2/h6-7H,3-5H2,1-2H3. The molecule has 19 heavy (non-hydrogen) atoms. The number of nitrogens with zero attached hydrogens (tertiary/aromatic N) is 4. The van der Waals surface area contributed by atoms with Crippen molar-refractivity contribution in [2.24, 2.45) is 7.05 Å². The first kappa shape index (κ1) is 13.3. The van der Waals surface area contributed by atoms with Crippen LogP contribution in [0.3, 0.4) is 0 Å². The zero-order valence-corrected chi connectivity index (χ0v) is 10.6. The summed E-state index contributed by atoms with van der Waals surface area (Å²) in [5, 5.41) is 11.0. The topological polar surface area (TPSA) is 99.7 Å². The molecule has 1 fully saturated rings. The third-order valence-electron chi connectivity index (χ3n) is 2.93. The number of anilines is 1. The van der Waals surface area contributed by atoms with E-state index in [-0.39, 0.29) is 18.2 Å². The fourth-order valence-corrected chi connectivity index (χ4v) is 2.06. The smallest absolute Gasteiger partial charge is 0.406 e. The van der Waals surface area contributed by atoms with E-state index in [1.54, 1.807) is 11.9 Å². The van der Waals surface area contributed by atoms with Gasteiger partial charge in [-0.05, 0) is 9.91 Å². The molecule has 1 aromatic rings. The average Bonchev–Trinajstić information content (AvgIpc) is 2.80. The fourth-order valence-electron chi connectivity index (χ4n) is 2.06. The van der Waals surface area contributed by atoms with E-state index in [2.05, 4.69) is 4.98 Å². The highest BCUT2D eigenvalue weighted by molar-refractivity contribution is 5.81. The lowest BCUT2D eigenvalue weighted by Crippen LogP contribution is -2.51. The van der Waals surface area contributed by atoms with Gasteiger partial charge in [-0.3, -0.25) is 4.57 Å². The van der Waals surface area contributed by atoms with Gasteiger partial charge in [0.25, 0.3) is 0 Å². The highest BCUT2D eigenvalue weighted by atomic mass is 16.6. The highest BCUT2D eigenvalue weighted by Gasteiger charge is 2.36. The Morgan fingerprint density at radius 3 is 3.05 bits per heavy atom. The van der Waals surface area contributed by atoms with Crippen LogP contribution in [0.5, 0.6) is 0 Å². The SMILES string of the molecule is COC(=O)C1COCCN1c1c([N+](=O)[O-])ncn1C. The van der Waals surface area contributed by atoms with Gasteiger partial charge in [0.1, 0.15) is 0 Å². The Balaban J connectivity index is 2.40. The van der Waals surface area contributed by atoms with Crippen LogP contribution in [0.2, 0.25) is 0 Å². The lowest BCUT2D eigenvalue weighted by atomic mass is 10.2. The fraction of sp³-hybridized carbons (Fsp3) is 0.600. The van der Waals surface area contributed by atoms with E-state index >= 15 is 0 Å². The van der Waals surface area contributed by atoms with Gasteiger partial charge in [-0.25, -0.2) is 4.79 Å². The van der Waals surface area contributed by atoms with Crippen LogP contribution in [0.1, 0.15) is 0 Å². The molecule has 1 aliphatic rings. The number of aryl methyl sites for hydroxylation is 1. The molecule has 9 nitrogen and oxygen atoms in total. The van der Waals surface area contributed by atoms with Crippen molar-refractivity contribution in [2.75, 3.05) is 31.8 Å². The normalized spacial score (nSPS) is 19.3. The van der Waals surface area contributed by atoms with E-state index in [9.17, 15) is 14.9 Å². The first-order valence-corrected chi connectivity index (χ1v) is 5.64. The minimum atomic E-state index is -0.701. The maximum atomic E-state index is 11.7. The number of carbonyl (C=O) groups excluding carboxylic acids is 1. The second-order valence-corrected chi connectivity index (χ2v) is 4.07. The number of aromatic nitrogens is 2. The zero-order chi connectivity index (χ0) is 14.0. The number of imidazole rings is 1. The first-order valence-electron chi connectivity index (χ1n) is 5.64. The van der Waals surface area contributed by atoms with Crippen molar-refractivity contribution in [3.8, 4) is 0 Å². The minimum absolute atomic E-state index is 0.134. The first-order chi connectivity index (χ1) is 9.06. The average molecular weight is 270 g/mol. The molecule has 1 saturated heterocycles. The monoisotopic (exact) mass is 270 g/mol. The van der Waals surface area contributed by atoms with Crippen LogP contribution >= 0.6 is 0 Å². The summed E-state index contributed by atoms with van der Waals surface area (Å²) in [5.41, 5.74) is 0. The predicted octanol–water partition coefficient (Wildman–Crippen LogP) is -0.294. The molecule has 0 radical (unpaired) electrons. The Morgan fingerprint density at radius 2 is 2.42 bits per heavy atom. The number of rotatable bonds is 3. The van der Waals surface area contributed by atoms with Crippen LogP contribution < -0.4 is 4.90 Å². The Kier molecular flexibility index (Phi) is 3.65. The lowest BCUT2D eigenvalue weighted by Gasteiger charge is -2.34. The second kappa shape index (κ2) is 5.22. The van der Waals surface area contributed by atoms with E-state index in [1.165, 1.54) is 18.0 Å². The summed E-state index contributed by atoms with van der Waals surface area (Å²) in [6.07, 6.45) is 1.34. The van der Waals surface area contributed by atoms with Crippen molar-refractivity contribution in [1.82, 2.24) is 9.55 Å². The Hall–Kier alpha value is -2.16. The van der Waals surface area contributed by atoms with Gasteiger partial charge in [0.05, 0.1) is 20.3 Å². The van der Waals surface area contributed by atoms with Gasteiger partial charge in [0.2, 0.25) is 12.1 Å². The maximum Gasteiger partial charge on any atom is 0.406 e. The Labute approximate surface area is 108 Å². The van der Waals surface area contributed by atoms with Gasteiger partial charge in [0, 0.05) is 13.6 Å². The Morgan fingerprint density at radius 1 is 1.68 bits per heavy atom. The van der Waals surface area contributed by atoms with Crippen molar-refractivity contribution in [3.63, 3.8) is 0 Å². The van der Waals surface area contributed by atoms with Crippen molar-refractivity contribution in [3.05, 3.63) is 16.4 Å². The third kappa shape index (κ3) is 2.36. The van der Waals surface area contributed by atoms with Crippen LogP contribution in [0.15, 0.2) is 6.33 Å². The summed E-state index contributed by atoms with van der Waals surface area (Å²) < 4.78 is 11.4. The molecule has 0 aliphatic carbocycles. The minimum Gasteiger partial charge on any atom is -0.467 e. The van der Waals surface area contributed by atoms with Gasteiger partial charge < -0.3 is 24.5 Å². The molecule has 2 heterocycles. The molecule has 1 atom stereocenters. The highest BCUT2D eigenvalue weighted by Crippen LogP contribution is 2.29. The number of hydrogen-bond donors (Lipinski definition) is 0.